The molecule has 1 aliphatic heterocycles. The van der Waals surface area contributed by atoms with Gasteiger partial charge in [-0.3, -0.25) is 0 Å². The van der Waals surface area contributed by atoms with Crippen molar-refractivity contribution in [2.24, 2.45) is 0 Å². The van der Waals surface area contributed by atoms with Gasteiger partial charge in [0.2, 0.25) is 0 Å². The maximum absolute atomic E-state index is 6.72. The molecule has 2 aromatic carbocycles. The first-order valence-corrected chi connectivity index (χ1v) is 13.4. The Morgan fingerprint density at radius 1 is 1.21 bits per heavy atom. The Balaban J connectivity index is 1.47. The van der Waals surface area contributed by atoms with Crippen LogP contribution >= 0.6 is 24.0 Å². The summed E-state index contributed by atoms with van der Waals surface area (Å²) in [5, 5.41) is 7.20. The summed E-state index contributed by atoms with van der Waals surface area (Å²) in [4.78, 5) is 12.0. The average Bonchev–Trinajstić information content (AvgIpc) is 3.25. The van der Waals surface area contributed by atoms with Crippen LogP contribution in [0.2, 0.25) is 0 Å². The number of hydrogen-bond donors (Lipinski definition) is 3. The third kappa shape index (κ3) is 6.95. The molecule has 1 atom stereocenters. The van der Waals surface area contributed by atoms with Gasteiger partial charge in [0.25, 0.3) is 0 Å². The van der Waals surface area contributed by atoms with Crippen molar-refractivity contribution in [3.63, 3.8) is 0 Å². The van der Waals surface area contributed by atoms with E-state index in [9.17, 15) is 0 Å². The first-order chi connectivity index (χ1) is 16.5. The van der Waals surface area contributed by atoms with Gasteiger partial charge in [0.15, 0.2) is 5.11 Å². The molecule has 0 amide bonds. The molecule has 0 aliphatic carbocycles. The highest BCUT2D eigenvalue weighted by Crippen LogP contribution is 2.32. The molecule has 34 heavy (non-hydrogen) atoms. The van der Waals surface area contributed by atoms with E-state index in [1.807, 2.05) is 30.0 Å². The number of ether oxygens (including phenoxy) is 1. The number of aromatic amines is 1. The lowest BCUT2D eigenvalue weighted by molar-refractivity contribution is -0.0264. The first kappa shape index (κ1) is 25.0. The molecule has 6 nitrogen and oxygen atoms in total. The van der Waals surface area contributed by atoms with E-state index in [-0.39, 0.29) is 12.2 Å². The fourth-order valence-corrected chi connectivity index (χ4v) is 5.30. The summed E-state index contributed by atoms with van der Waals surface area (Å²) < 4.78 is 6.72. The Morgan fingerprint density at radius 2 is 2.00 bits per heavy atom. The van der Waals surface area contributed by atoms with Gasteiger partial charge in [-0.1, -0.05) is 24.3 Å². The average molecular weight is 498 g/mol. The number of benzene rings is 2. The van der Waals surface area contributed by atoms with Crippen molar-refractivity contribution in [3.05, 3.63) is 59.9 Å². The number of imidazole rings is 1. The van der Waals surface area contributed by atoms with Crippen molar-refractivity contribution < 1.29 is 4.74 Å². The molecular weight excluding hydrogens is 462 g/mol. The van der Waals surface area contributed by atoms with Crippen molar-refractivity contribution in [1.82, 2.24) is 25.5 Å². The van der Waals surface area contributed by atoms with Gasteiger partial charge < -0.3 is 25.3 Å². The molecule has 1 fully saturated rings. The fourth-order valence-electron chi connectivity index (χ4n) is 4.13. The summed E-state index contributed by atoms with van der Waals surface area (Å²) in [6, 6.07) is 17.2. The Bertz CT molecular complexity index is 1040. The molecule has 8 heteroatoms. The number of thiocarbonyl (C=S) groups is 1. The number of thioether (sulfide) groups is 1. The number of nitrogens with zero attached hydrogens (tertiary/aromatic N) is 2. The summed E-state index contributed by atoms with van der Waals surface area (Å²) in [7, 11) is 2.17. The number of fused-ring (bicyclic) bond motifs is 1. The highest BCUT2D eigenvalue weighted by atomic mass is 32.2. The number of likely N-dealkylation sites (tertiary alicyclic amines) is 1. The lowest BCUT2D eigenvalue weighted by Gasteiger charge is -2.31. The third-order valence-electron chi connectivity index (χ3n) is 5.89. The topological polar surface area (TPSA) is 65.2 Å². The lowest BCUT2D eigenvalue weighted by Crippen LogP contribution is -2.40. The number of piperidine rings is 1. The molecule has 0 bridgehead atoms. The van der Waals surface area contributed by atoms with Crippen LogP contribution in [0.3, 0.4) is 0 Å². The minimum atomic E-state index is -0.220. The minimum Gasteiger partial charge on any atom is -0.362 e. The van der Waals surface area contributed by atoms with Gasteiger partial charge in [0.05, 0.1) is 17.1 Å². The van der Waals surface area contributed by atoms with Crippen LogP contribution in [0.4, 0.5) is 0 Å². The van der Waals surface area contributed by atoms with Gasteiger partial charge in [-0.25, -0.2) is 4.98 Å². The standard InChI is InChI=1S/C26H35N5OS2/c1-18(2)28-26(33)27-13-16-34-21-8-6-7-19(17-21)24(32-20-11-14-31(3)15-12-20)25-29-22-9-4-5-10-23(22)30-25/h4-10,17-18,20,24H,11-16H2,1-3H3,(H,29,30)(H2,27,28,33). The predicted molar refractivity (Wildman–Crippen MR) is 146 cm³/mol. The van der Waals surface area contributed by atoms with Gasteiger partial charge in [-0.15, -0.1) is 11.8 Å². The maximum atomic E-state index is 6.72. The van der Waals surface area contributed by atoms with Crippen LogP contribution in [0.1, 0.15) is 44.2 Å². The first-order valence-electron chi connectivity index (χ1n) is 12.0. The van der Waals surface area contributed by atoms with Crippen LogP contribution in [0, 0.1) is 0 Å². The number of nitrogens with one attached hydrogen (secondary N) is 3. The molecule has 4 rings (SSSR count). The molecule has 3 N–H and O–H groups in total. The Morgan fingerprint density at radius 3 is 2.76 bits per heavy atom. The number of H-pyrrole nitrogens is 1. The molecule has 1 saturated heterocycles. The van der Waals surface area contributed by atoms with Crippen molar-refractivity contribution in [3.8, 4) is 0 Å². The van der Waals surface area contributed by atoms with Gasteiger partial charge in [-0.2, -0.15) is 0 Å². The summed E-state index contributed by atoms with van der Waals surface area (Å²) in [6.07, 6.45) is 2.08. The molecule has 0 spiro atoms. The summed E-state index contributed by atoms with van der Waals surface area (Å²) in [5.41, 5.74) is 3.14. The second-order valence-corrected chi connectivity index (χ2v) is 10.7. The SMILES string of the molecule is CC(C)NC(=S)NCCSc1cccc(C(OC2CCN(C)CC2)c2nc3ccccc3[nH]2)c1. The van der Waals surface area contributed by atoms with E-state index >= 15 is 0 Å². The smallest absolute Gasteiger partial charge is 0.166 e. The molecule has 1 unspecified atom stereocenters. The highest BCUT2D eigenvalue weighted by Gasteiger charge is 2.26. The van der Waals surface area contributed by atoms with Crippen molar-refractivity contribution >= 4 is 40.1 Å². The van der Waals surface area contributed by atoms with Gasteiger partial charge >= 0.3 is 0 Å². The van der Waals surface area contributed by atoms with Crippen LogP contribution in [-0.4, -0.2) is 64.6 Å². The molecule has 182 valence electrons. The summed E-state index contributed by atoms with van der Waals surface area (Å²) in [6.45, 7) is 7.11. The third-order valence-corrected chi connectivity index (χ3v) is 7.14. The van der Waals surface area contributed by atoms with E-state index in [1.54, 1.807) is 0 Å². The minimum absolute atomic E-state index is 0.220. The largest absolute Gasteiger partial charge is 0.362 e. The Kier molecular flexibility index (Phi) is 8.83. The molecule has 2 heterocycles. The normalized spacial score (nSPS) is 16.1. The van der Waals surface area contributed by atoms with Crippen molar-refractivity contribution in [1.29, 1.82) is 0 Å². The van der Waals surface area contributed by atoms with E-state index in [4.69, 9.17) is 21.9 Å². The lowest BCUT2D eigenvalue weighted by atomic mass is 10.1. The zero-order valence-corrected chi connectivity index (χ0v) is 21.8. The maximum Gasteiger partial charge on any atom is 0.166 e. The van der Waals surface area contributed by atoms with Gasteiger partial charge in [0.1, 0.15) is 11.9 Å². The Hall–Kier alpha value is -2.13. The molecular formula is C26H35N5OS2. The Labute approximate surface area is 212 Å². The monoisotopic (exact) mass is 497 g/mol. The zero-order chi connectivity index (χ0) is 23.9. The molecule has 3 aromatic rings. The second-order valence-electron chi connectivity index (χ2n) is 9.13. The number of rotatable bonds is 9. The second kappa shape index (κ2) is 12.0. The fraction of sp³-hybridized carbons (Fsp3) is 0.462. The van der Waals surface area contributed by atoms with E-state index in [0.717, 1.165) is 60.7 Å². The molecule has 0 radical (unpaired) electrons. The number of para-hydroxylation sites is 2. The van der Waals surface area contributed by atoms with Gasteiger partial charge in [-0.05, 0) is 75.8 Å². The van der Waals surface area contributed by atoms with Crippen LogP contribution in [0.15, 0.2) is 53.4 Å². The summed E-state index contributed by atoms with van der Waals surface area (Å²) in [5.74, 6) is 1.79. The van der Waals surface area contributed by atoms with Crippen molar-refractivity contribution in [2.75, 3.05) is 32.4 Å². The number of aromatic nitrogens is 2. The van der Waals surface area contributed by atoms with E-state index in [0.29, 0.717) is 11.2 Å². The van der Waals surface area contributed by atoms with Crippen LogP contribution < -0.4 is 10.6 Å². The van der Waals surface area contributed by atoms with E-state index in [1.165, 1.54) is 4.90 Å². The predicted octanol–water partition coefficient (Wildman–Crippen LogP) is 4.73. The molecule has 1 aliphatic rings. The molecule has 0 saturated carbocycles. The zero-order valence-electron chi connectivity index (χ0n) is 20.2. The highest BCUT2D eigenvalue weighted by molar-refractivity contribution is 7.99. The molecule has 1 aromatic heterocycles. The number of hydrogen-bond acceptors (Lipinski definition) is 5. The van der Waals surface area contributed by atoms with Crippen molar-refractivity contribution in [2.45, 2.75) is 49.8 Å². The van der Waals surface area contributed by atoms with Crippen LogP contribution in [0.25, 0.3) is 11.0 Å². The quantitative estimate of drug-likeness (QED) is 0.224. The van der Waals surface area contributed by atoms with Crippen LogP contribution in [0.5, 0.6) is 0 Å². The van der Waals surface area contributed by atoms with E-state index < -0.39 is 0 Å². The van der Waals surface area contributed by atoms with E-state index in [2.05, 4.69) is 71.7 Å². The van der Waals surface area contributed by atoms with Crippen LogP contribution in [-0.2, 0) is 4.74 Å². The van der Waals surface area contributed by atoms with Gasteiger partial charge in [0, 0.05) is 36.3 Å². The summed E-state index contributed by atoms with van der Waals surface area (Å²) >= 11 is 7.14.